The molecule has 0 aliphatic carbocycles. The van der Waals surface area contributed by atoms with E-state index in [1.807, 2.05) is 21.0 Å². The van der Waals surface area contributed by atoms with Crippen LogP contribution in [0.4, 0.5) is 0 Å². The van der Waals surface area contributed by atoms with Crippen molar-refractivity contribution in [3.8, 4) is 11.8 Å². The number of hydrogen-bond donors (Lipinski definition) is 2. The molecule has 1 aromatic heterocycles. The number of rotatable bonds is 7. The summed E-state index contributed by atoms with van der Waals surface area (Å²) in [4.78, 5) is 15.1. The van der Waals surface area contributed by atoms with E-state index in [4.69, 9.17) is 0 Å². The van der Waals surface area contributed by atoms with Crippen molar-refractivity contribution in [3.63, 3.8) is 0 Å². The SMILES string of the molecule is CC#CCn1cc2c3c(cccc31)C(CC(C)C)NC(C(=O)NCCN(C)C)C2. The Morgan fingerprint density at radius 3 is 2.86 bits per heavy atom. The lowest BCUT2D eigenvalue weighted by molar-refractivity contribution is -0.123. The molecule has 3 rings (SSSR count). The van der Waals surface area contributed by atoms with E-state index in [9.17, 15) is 4.79 Å². The van der Waals surface area contributed by atoms with Crippen LogP contribution in [0.15, 0.2) is 24.4 Å². The summed E-state index contributed by atoms with van der Waals surface area (Å²) >= 11 is 0. The van der Waals surface area contributed by atoms with Crippen molar-refractivity contribution < 1.29 is 4.79 Å². The highest BCUT2D eigenvalue weighted by atomic mass is 16.2. The number of carbonyl (C=O) groups is 1. The van der Waals surface area contributed by atoms with Crippen molar-refractivity contribution in [1.82, 2.24) is 20.1 Å². The normalized spacial score (nSPS) is 18.6. The highest BCUT2D eigenvalue weighted by Crippen LogP contribution is 2.35. The number of aromatic nitrogens is 1. The molecule has 29 heavy (non-hydrogen) atoms. The first-order chi connectivity index (χ1) is 13.9. The highest BCUT2D eigenvalue weighted by Gasteiger charge is 2.30. The third kappa shape index (κ3) is 5.01. The van der Waals surface area contributed by atoms with Crippen LogP contribution in [0.2, 0.25) is 0 Å². The molecule has 5 nitrogen and oxygen atoms in total. The summed E-state index contributed by atoms with van der Waals surface area (Å²) in [6.45, 7) is 8.53. The van der Waals surface area contributed by atoms with Crippen LogP contribution in [0.5, 0.6) is 0 Å². The zero-order valence-corrected chi connectivity index (χ0v) is 18.4. The minimum absolute atomic E-state index is 0.0858. The standard InChI is InChI=1S/C24H34N4O/c1-6-7-12-28-16-18-15-21(24(29)25-11-13-27(4)5)26-20(14-17(2)3)19-9-8-10-22(28)23(18)19/h8-10,16-17,20-21,26H,11-15H2,1-5H3,(H,25,29). The number of benzene rings is 1. The van der Waals surface area contributed by atoms with Gasteiger partial charge in [-0.1, -0.05) is 31.9 Å². The minimum atomic E-state index is -0.232. The van der Waals surface area contributed by atoms with Gasteiger partial charge in [-0.2, -0.15) is 0 Å². The van der Waals surface area contributed by atoms with Crippen molar-refractivity contribution in [2.75, 3.05) is 27.2 Å². The van der Waals surface area contributed by atoms with Crippen molar-refractivity contribution in [2.24, 2.45) is 5.92 Å². The molecule has 5 heteroatoms. The second-order valence-corrected chi connectivity index (χ2v) is 8.65. The van der Waals surface area contributed by atoms with E-state index in [0.29, 0.717) is 25.4 Å². The Kier molecular flexibility index (Phi) is 7.00. The Bertz CT molecular complexity index is 916. The second-order valence-electron chi connectivity index (χ2n) is 8.65. The maximum atomic E-state index is 13.0. The van der Waals surface area contributed by atoms with Crippen LogP contribution in [-0.2, 0) is 17.8 Å². The molecule has 2 atom stereocenters. The van der Waals surface area contributed by atoms with Crippen LogP contribution < -0.4 is 10.6 Å². The molecular formula is C24H34N4O. The van der Waals surface area contributed by atoms with Crippen molar-refractivity contribution >= 4 is 16.8 Å². The van der Waals surface area contributed by atoms with Crippen molar-refractivity contribution in [1.29, 1.82) is 0 Å². The first-order valence-electron chi connectivity index (χ1n) is 10.6. The monoisotopic (exact) mass is 394 g/mol. The van der Waals surface area contributed by atoms with Gasteiger partial charge in [0.2, 0.25) is 5.91 Å². The van der Waals surface area contributed by atoms with Gasteiger partial charge in [0.1, 0.15) is 0 Å². The Balaban J connectivity index is 1.96. The highest BCUT2D eigenvalue weighted by molar-refractivity contribution is 5.90. The summed E-state index contributed by atoms with van der Waals surface area (Å²) < 4.78 is 2.23. The topological polar surface area (TPSA) is 49.3 Å². The van der Waals surface area contributed by atoms with Gasteiger partial charge in [-0.3, -0.25) is 10.1 Å². The van der Waals surface area contributed by atoms with E-state index in [-0.39, 0.29) is 18.0 Å². The summed E-state index contributed by atoms with van der Waals surface area (Å²) in [7, 11) is 4.04. The van der Waals surface area contributed by atoms with Gasteiger partial charge in [-0.15, -0.1) is 5.92 Å². The van der Waals surface area contributed by atoms with E-state index >= 15 is 0 Å². The quantitative estimate of drug-likeness (QED) is 0.710. The predicted octanol–water partition coefficient (Wildman–Crippen LogP) is 2.94. The fourth-order valence-corrected chi connectivity index (χ4v) is 4.18. The van der Waals surface area contributed by atoms with Crippen LogP contribution in [-0.4, -0.2) is 48.6 Å². The van der Waals surface area contributed by atoms with E-state index in [0.717, 1.165) is 13.0 Å². The maximum Gasteiger partial charge on any atom is 0.237 e. The zero-order valence-electron chi connectivity index (χ0n) is 18.4. The van der Waals surface area contributed by atoms with Crippen LogP contribution in [0.3, 0.4) is 0 Å². The molecule has 1 aromatic carbocycles. The number of hydrogen-bond acceptors (Lipinski definition) is 3. The van der Waals surface area contributed by atoms with Gasteiger partial charge in [0.05, 0.1) is 12.6 Å². The van der Waals surface area contributed by atoms with Crippen LogP contribution in [0.1, 0.15) is 44.4 Å². The van der Waals surface area contributed by atoms with Gasteiger partial charge in [0, 0.05) is 36.2 Å². The molecule has 1 amide bonds. The second kappa shape index (κ2) is 9.47. The molecule has 2 N–H and O–H groups in total. The average molecular weight is 395 g/mol. The first kappa shape index (κ1) is 21.4. The third-order valence-electron chi connectivity index (χ3n) is 5.53. The molecule has 1 aliphatic rings. The number of carbonyl (C=O) groups excluding carboxylic acids is 1. The number of amides is 1. The molecule has 0 radical (unpaired) electrons. The Hall–Kier alpha value is -2.29. The molecule has 2 heterocycles. The summed E-state index contributed by atoms with van der Waals surface area (Å²) in [6.07, 6.45) is 3.89. The fraction of sp³-hybridized carbons (Fsp3) is 0.542. The minimum Gasteiger partial charge on any atom is -0.353 e. The molecule has 156 valence electrons. The molecule has 0 spiro atoms. The molecule has 2 aromatic rings. The van der Waals surface area contributed by atoms with E-state index in [1.54, 1.807) is 0 Å². The van der Waals surface area contributed by atoms with Crippen molar-refractivity contribution in [2.45, 2.75) is 52.2 Å². The number of likely N-dealkylation sites (N-methyl/N-ethyl adjacent to an activating group) is 1. The summed E-state index contributed by atoms with van der Waals surface area (Å²) in [6, 6.07) is 6.45. The van der Waals surface area contributed by atoms with Crippen LogP contribution in [0.25, 0.3) is 10.9 Å². The van der Waals surface area contributed by atoms with Gasteiger partial charge in [0.15, 0.2) is 0 Å². The summed E-state index contributed by atoms with van der Waals surface area (Å²) in [5.41, 5.74) is 3.75. The van der Waals surface area contributed by atoms with Gasteiger partial charge >= 0.3 is 0 Å². The fourth-order valence-electron chi connectivity index (χ4n) is 4.18. The predicted molar refractivity (Wildman–Crippen MR) is 120 cm³/mol. The average Bonchev–Trinajstić information content (AvgIpc) is 2.93. The zero-order chi connectivity index (χ0) is 21.0. The lowest BCUT2D eigenvalue weighted by Gasteiger charge is -2.25. The summed E-state index contributed by atoms with van der Waals surface area (Å²) in [5.74, 6) is 6.80. The molecule has 0 bridgehead atoms. The molecular weight excluding hydrogens is 360 g/mol. The van der Waals surface area contributed by atoms with E-state index < -0.39 is 0 Å². The Morgan fingerprint density at radius 1 is 1.38 bits per heavy atom. The van der Waals surface area contributed by atoms with E-state index in [2.05, 4.69) is 70.2 Å². The third-order valence-corrected chi connectivity index (χ3v) is 5.53. The molecule has 2 unspecified atom stereocenters. The summed E-state index contributed by atoms with van der Waals surface area (Å²) in [5, 5.41) is 8.09. The lowest BCUT2D eigenvalue weighted by atomic mass is 9.94. The largest absolute Gasteiger partial charge is 0.353 e. The first-order valence-corrected chi connectivity index (χ1v) is 10.6. The molecule has 0 fully saturated rings. The van der Waals surface area contributed by atoms with Crippen LogP contribution >= 0.6 is 0 Å². The Labute approximate surface area is 174 Å². The molecule has 0 saturated heterocycles. The number of nitrogens with zero attached hydrogens (tertiary/aromatic N) is 2. The van der Waals surface area contributed by atoms with Gasteiger partial charge < -0.3 is 14.8 Å². The van der Waals surface area contributed by atoms with Gasteiger partial charge in [-0.25, -0.2) is 0 Å². The lowest BCUT2D eigenvalue weighted by Crippen LogP contribution is -2.47. The molecule has 1 aliphatic heterocycles. The smallest absolute Gasteiger partial charge is 0.237 e. The van der Waals surface area contributed by atoms with Crippen LogP contribution in [0, 0.1) is 17.8 Å². The number of nitrogens with one attached hydrogen (secondary N) is 2. The molecule has 0 saturated carbocycles. The van der Waals surface area contributed by atoms with Crippen molar-refractivity contribution in [3.05, 3.63) is 35.5 Å². The van der Waals surface area contributed by atoms with E-state index in [1.165, 1.54) is 22.0 Å². The Morgan fingerprint density at radius 2 is 2.17 bits per heavy atom. The van der Waals surface area contributed by atoms with Gasteiger partial charge in [0.25, 0.3) is 0 Å². The maximum absolute atomic E-state index is 13.0. The van der Waals surface area contributed by atoms with Gasteiger partial charge in [-0.05, 0) is 57.0 Å².